The fourth-order valence-electron chi connectivity index (χ4n) is 1.97. The van der Waals surface area contributed by atoms with E-state index in [1.165, 1.54) is 5.69 Å². The number of hydrogen-bond acceptors (Lipinski definition) is 2. The third kappa shape index (κ3) is 1.54. The first-order valence-corrected chi connectivity index (χ1v) is 5.03. The Labute approximate surface area is 83.5 Å². The first kappa shape index (κ1) is 9.65. The molecule has 1 aromatic rings. The minimum atomic E-state index is -0.265. The van der Waals surface area contributed by atoms with Crippen LogP contribution in [-0.4, -0.2) is 34.2 Å². The van der Waals surface area contributed by atoms with Crippen LogP contribution in [-0.2, 0) is 13.1 Å². The minimum absolute atomic E-state index is 0.265. The molecule has 0 aliphatic carbocycles. The second kappa shape index (κ2) is 3.69. The molecule has 1 aromatic heterocycles. The van der Waals surface area contributed by atoms with E-state index in [1.807, 2.05) is 6.92 Å². The molecule has 0 saturated carbocycles. The van der Waals surface area contributed by atoms with Crippen molar-refractivity contribution in [3.8, 4) is 0 Å². The summed E-state index contributed by atoms with van der Waals surface area (Å²) in [5.41, 5.74) is 2.35. The summed E-state index contributed by atoms with van der Waals surface area (Å²) in [7, 11) is 0. The summed E-state index contributed by atoms with van der Waals surface area (Å²) < 4.78 is 14.4. The predicted molar refractivity (Wildman–Crippen MR) is 53.0 cm³/mol. The number of alkyl halides is 1. The number of aromatic nitrogens is 2. The molecule has 78 valence electrons. The summed E-state index contributed by atoms with van der Waals surface area (Å²) in [6.07, 6.45) is 0. The molecule has 3 nitrogen and oxygen atoms in total. The smallest absolute Gasteiger partial charge is 0.123 e. The first-order valence-electron chi connectivity index (χ1n) is 5.03. The van der Waals surface area contributed by atoms with Gasteiger partial charge in [-0.2, -0.15) is 0 Å². The quantitative estimate of drug-likeness (QED) is 0.712. The van der Waals surface area contributed by atoms with Gasteiger partial charge in [0.1, 0.15) is 12.5 Å². The van der Waals surface area contributed by atoms with Gasteiger partial charge in [-0.15, -0.1) is 0 Å². The van der Waals surface area contributed by atoms with Crippen LogP contribution in [0.4, 0.5) is 4.39 Å². The van der Waals surface area contributed by atoms with Crippen LogP contribution in [0, 0.1) is 13.8 Å². The zero-order valence-electron chi connectivity index (χ0n) is 8.76. The lowest BCUT2D eigenvalue weighted by molar-refractivity contribution is 0.199. The molecule has 0 atom stereocenters. The topological polar surface area (TPSA) is 21.1 Å². The van der Waals surface area contributed by atoms with Crippen molar-refractivity contribution in [1.82, 2.24) is 14.5 Å². The fourth-order valence-corrected chi connectivity index (χ4v) is 1.97. The van der Waals surface area contributed by atoms with E-state index in [0.29, 0.717) is 6.54 Å². The van der Waals surface area contributed by atoms with E-state index in [9.17, 15) is 4.39 Å². The maximum Gasteiger partial charge on any atom is 0.123 e. The zero-order chi connectivity index (χ0) is 10.1. The number of hydrogen-bond donors (Lipinski definition) is 0. The monoisotopic (exact) mass is 197 g/mol. The van der Waals surface area contributed by atoms with Crippen molar-refractivity contribution in [3.05, 3.63) is 17.2 Å². The van der Waals surface area contributed by atoms with Gasteiger partial charge in [0.25, 0.3) is 0 Å². The van der Waals surface area contributed by atoms with Crippen molar-refractivity contribution in [2.75, 3.05) is 19.8 Å². The van der Waals surface area contributed by atoms with Gasteiger partial charge in [0, 0.05) is 25.3 Å². The van der Waals surface area contributed by atoms with Gasteiger partial charge in [-0.05, 0) is 13.8 Å². The minimum Gasteiger partial charge on any atom is -0.330 e. The van der Waals surface area contributed by atoms with Crippen LogP contribution in [0.25, 0.3) is 0 Å². The van der Waals surface area contributed by atoms with Crippen molar-refractivity contribution in [3.63, 3.8) is 0 Å². The molecule has 0 amide bonds. The molecule has 0 radical (unpaired) electrons. The number of halogens is 1. The largest absolute Gasteiger partial charge is 0.330 e. The molecule has 0 bridgehead atoms. The molecular formula is C10H16FN3. The summed E-state index contributed by atoms with van der Waals surface area (Å²) in [4.78, 5) is 6.59. The van der Waals surface area contributed by atoms with Crippen molar-refractivity contribution in [2.24, 2.45) is 0 Å². The molecule has 1 aliphatic heterocycles. The third-order valence-corrected chi connectivity index (χ3v) is 2.94. The van der Waals surface area contributed by atoms with Crippen molar-refractivity contribution < 1.29 is 4.39 Å². The Hall–Kier alpha value is -0.900. The van der Waals surface area contributed by atoms with Crippen molar-refractivity contribution in [1.29, 1.82) is 0 Å². The van der Waals surface area contributed by atoms with Crippen LogP contribution in [0.3, 0.4) is 0 Å². The van der Waals surface area contributed by atoms with E-state index in [2.05, 4.69) is 21.4 Å². The summed E-state index contributed by atoms with van der Waals surface area (Å²) >= 11 is 0. The van der Waals surface area contributed by atoms with Crippen LogP contribution in [0.2, 0.25) is 0 Å². The fraction of sp³-hybridized carbons (Fsp3) is 0.700. The van der Waals surface area contributed by atoms with Crippen molar-refractivity contribution >= 4 is 0 Å². The van der Waals surface area contributed by atoms with Crippen LogP contribution < -0.4 is 0 Å². The summed E-state index contributed by atoms with van der Waals surface area (Å²) in [6.45, 7) is 7.06. The van der Waals surface area contributed by atoms with Gasteiger partial charge in [0.2, 0.25) is 0 Å². The molecule has 0 aromatic carbocycles. The number of nitrogens with zero attached hydrogens (tertiary/aromatic N) is 3. The normalized spacial score (nSPS) is 17.1. The Bertz CT molecular complexity index is 332. The molecular weight excluding hydrogens is 181 g/mol. The lowest BCUT2D eigenvalue weighted by atomic mass is 10.3. The molecule has 2 rings (SSSR count). The molecule has 14 heavy (non-hydrogen) atoms. The molecule has 0 N–H and O–H groups in total. The van der Waals surface area contributed by atoms with Crippen LogP contribution in [0.5, 0.6) is 0 Å². The van der Waals surface area contributed by atoms with E-state index in [1.54, 1.807) is 0 Å². The van der Waals surface area contributed by atoms with Crippen LogP contribution in [0.15, 0.2) is 0 Å². The molecule has 2 heterocycles. The molecule has 1 aliphatic rings. The van der Waals surface area contributed by atoms with Gasteiger partial charge in [-0.25, -0.2) is 9.37 Å². The highest BCUT2D eigenvalue weighted by atomic mass is 19.1. The highest BCUT2D eigenvalue weighted by Crippen LogP contribution is 2.16. The molecule has 0 saturated heterocycles. The second-order valence-corrected chi connectivity index (χ2v) is 3.82. The lowest BCUT2D eigenvalue weighted by Crippen LogP contribution is -2.35. The van der Waals surface area contributed by atoms with Gasteiger partial charge in [-0.3, -0.25) is 4.90 Å². The number of rotatable bonds is 2. The standard InChI is InChI=1S/C10H16FN3/c1-8-9(2)14-6-5-13(4-3-11)7-10(14)12-8/h3-7H2,1-2H3. The van der Waals surface area contributed by atoms with Crippen LogP contribution >= 0.6 is 0 Å². The summed E-state index contributed by atoms with van der Waals surface area (Å²) in [6, 6.07) is 0. The molecule has 0 unspecified atom stereocenters. The maximum absolute atomic E-state index is 12.2. The van der Waals surface area contributed by atoms with E-state index in [4.69, 9.17) is 0 Å². The van der Waals surface area contributed by atoms with E-state index in [-0.39, 0.29) is 6.67 Å². The number of imidazole rings is 1. The maximum atomic E-state index is 12.2. The number of fused-ring (bicyclic) bond motifs is 1. The highest BCUT2D eigenvalue weighted by Gasteiger charge is 2.19. The molecule has 0 spiro atoms. The SMILES string of the molecule is Cc1nc2n(c1C)CCN(CCF)C2. The van der Waals surface area contributed by atoms with Crippen molar-refractivity contribution in [2.45, 2.75) is 26.9 Å². The average molecular weight is 197 g/mol. The van der Waals surface area contributed by atoms with Crippen LogP contribution in [0.1, 0.15) is 17.2 Å². The zero-order valence-corrected chi connectivity index (χ0v) is 8.76. The number of aryl methyl sites for hydroxylation is 1. The van der Waals surface area contributed by atoms with E-state index in [0.717, 1.165) is 31.2 Å². The lowest BCUT2D eigenvalue weighted by Gasteiger charge is -2.27. The summed E-state index contributed by atoms with van der Waals surface area (Å²) in [5.74, 6) is 1.08. The Morgan fingerprint density at radius 3 is 2.86 bits per heavy atom. The third-order valence-electron chi connectivity index (χ3n) is 2.94. The Balaban J connectivity index is 2.19. The Morgan fingerprint density at radius 2 is 2.14 bits per heavy atom. The Morgan fingerprint density at radius 1 is 1.36 bits per heavy atom. The van der Waals surface area contributed by atoms with Gasteiger partial charge in [0.05, 0.1) is 12.2 Å². The predicted octanol–water partition coefficient (Wildman–Crippen LogP) is 1.29. The van der Waals surface area contributed by atoms with E-state index < -0.39 is 0 Å². The van der Waals surface area contributed by atoms with Gasteiger partial charge in [-0.1, -0.05) is 0 Å². The van der Waals surface area contributed by atoms with E-state index >= 15 is 0 Å². The average Bonchev–Trinajstić information content (AvgIpc) is 2.43. The molecule has 0 fully saturated rings. The van der Waals surface area contributed by atoms with Gasteiger partial charge < -0.3 is 4.57 Å². The van der Waals surface area contributed by atoms with Gasteiger partial charge in [0.15, 0.2) is 0 Å². The second-order valence-electron chi connectivity index (χ2n) is 3.82. The highest BCUT2D eigenvalue weighted by molar-refractivity contribution is 5.15. The Kier molecular flexibility index (Phi) is 2.54. The molecule has 4 heteroatoms. The first-order chi connectivity index (χ1) is 6.72. The van der Waals surface area contributed by atoms with Gasteiger partial charge >= 0.3 is 0 Å². The summed E-state index contributed by atoms with van der Waals surface area (Å²) in [5, 5.41) is 0.